The van der Waals surface area contributed by atoms with Crippen LogP contribution < -0.4 is 5.11 Å². The van der Waals surface area contributed by atoms with Gasteiger partial charge in [0.1, 0.15) is 0 Å². The van der Waals surface area contributed by atoms with Crippen LogP contribution in [0.4, 0.5) is 0 Å². The van der Waals surface area contributed by atoms with Gasteiger partial charge >= 0.3 is 0 Å². The van der Waals surface area contributed by atoms with Gasteiger partial charge in [0.05, 0.1) is 0 Å². The molecule has 0 aliphatic heterocycles. The van der Waals surface area contributed by atoms with Crippen molar-refractivity contribution in [2.75, 3.05) is 0 Å². The molecule has 1 aromatic carbocycles. The average molecular weight is 187 g/mol. The number of phenols is 4. The molecule has 0 saturated carbocycles. The minimum Gasteiger partial charge on any atom is -0.554 e. The quantitative estimate of drug-likeness (QED) is 0.232. The molecule has 0 heterocycles. The summed E-state index contributed by atoms with van der Waals surface area (Å²) in [7, 11) is 0. The summed E-state index contributed by atoms with van der Waals surface area (Å²) in [5.41, 5.74) is 0. The summed E-state index contributed by atoms with van der Waals surface area (Å²) in [6.07, 6.45) is 0. The molecule has 13 heavy (non-hydrogen) atoms. The molecule has 6 heteroatoms. The van der Waals surface area contributed by atoms with E-state index in [1.54, 1.807) is 0 Å². The molecular weight excluding hydrogens is 180 g/mol. The smallest absolute Gasteiger partial charge is 0.204 e. The van der Waals surface area contributed by atoms with Crippen molar-refractivity contribution in [3.8, 4) is 23.0 Å². The highest BCUT2D eigenvalue weighted by atomic mass is 16.3. The Bertz CT molecular complexity index is 268. The van der Waals surface area contributed by atoms with Gasteiger partial charge in [0.15, 0.2) is 11.5 Å². The molecule has 1 rings (SSSR count). The highest BCUT2D eigenvalue weighted by molar-refractivity contribution is 5.55. The van der Waals surface area contributed by atoms with Crippen molar-refractivity contribution in [2.24, 2.45) is 0 Å². The van der Waals surface area contributed by atoms with Crippen LogP contribution in [0.2, 0.25) is 0 Å². The van der Waals surface area contributed by atoms with Crippen molar-refractivity contribution in [1.82, 2.24) is 0 Å². The Kier molecular flexibility index (Phi) is 3.94. The molecule has 0 bridgehead atoms. The van der Waals surface area contributed by atoms with E-state index < -0.39 is 29.5 Å². The number of hydrogen-bond donors (Lipinski definition) is 4. The van der Waals surface area contributed by atoms with Crippen LogP contribution in [0.25, 0.3) is 0 Å². The largest absolute Gasteiger partial charge is 0.554 e. The maximum absolute atomic E-state index is 8.73. The Hall–Kier alpha value is -2.11. The molecule has 0 aromatic heterocycles. The van der Waals surface area contributed by atoms with Gasteiger partial charge in [-0.3, -0.25) is 0 Å². The van der Waals surface area contributed by atoms with Crippen LogP contribution in [0, 0.1) is 0 Å². The average Bonchev–Trinajstić information content (AvgIpc) is 2.10. The third kappa shape index (κ3) is 2.78. The van der Waals surface area contributed by atoms with E-state index in [2.05, 4.69) is 0 Å². The van der Waals surface area contributed by atoms with Crippen LogP contribution in [0.5, 0.6) is 23.0 Å². The first kappa shape index (κ1) is 10.9. The molecule has 0 radical (unpaired) electrons. The predicted octanol–water partition coefficient (Wildman–Crippen LogP) is -1.12. The van der Waals surface area contributed by atoms with Gasteiger partial charge in [0.2, 0.25) is 11.5 Å². The van der Waals surface area contributed by atoms with Gasteiger partial charge in [-0.05, 0) is 12.1 Å². The molecule has 72 valence electrons. The molecule has 6 nitrogen and oxygen atoms in total. The highest BCUT2D eigenvalue weighted by Gasteiger charge is 2.08. The number of aromatic hydroxyl groups is 4. The van der Waals surface area contributed by atoms with E-state index in [4.69, 9.17) is 30.3 Å². The fourth-order valence-electron chi connectivity index (χ4n) is 0.558. The normalized spacial score (nSPS) is 8.31. The van der Waals surface area contributed by atoms with E-state index in [0.717, 1.165) is 12.1 Å². The Balaban J connectivity index is 0.000000424. The Morgan fingerprint density at radius 2 is 1.23 bits per heavy atom. The molecule has 0 amide bonds. The zero-order chi connectivity index (χ0) is 10.4. The van der Waals surface area contributed by atoms with Crippen LogP contribution in [0.15, 0.2) is 12.1 Å². The number of carbonyl (C=O) groups excluding carboxylic acids is 1. The molecule has 0 unspecified atom stereocenters. The Morgan fingerprint density at radius 1 is 1.00 bits per heavy atom. The third-order valence-electron chi connectivity index (χ3n) is 1.11. The van der Waals surface area contributed by atoms with Gasteiger partial charge < -0.3 is 30.3 Å². The van der Waals surface area contributed by atoms with Crippen LogP contribution >= 0.6 is 0 Å². The van der Waals surface area contributed by atoms with Gasteiger partial charge in [0.25, 0.3) is 0 Å². The lowest BCUT2D eigenvalue weighted by molar-refractivity contribution is -0.283. The minimum absolute atomic E-state index is 0.463. The third-order valence-corrected chi connectivity index (χ3v) is 1.11. The molecule has 0 aliphatic carbocycles. The molecule has 0 aliphatic rings. The second-order valence-electron chi connectivity index (χ2n) is 1.90. The van der Waals surface area contributed by atoms with Crippen molar-refractivity contribution in [3.05, 3.63) is 12.1 Å². The van der Waals surface area contributed by atoms with E-state index >= 15 is 0 Å². The van der Waals surface area contributed by atoms with Crippen molar-refractivity contribution < 1.29 is 30.3 Å². The second-order valence-corrected chi connectivity index (χ2v) is 1.90. The van der Waals surface area contributed by atoms with E-state index in [1.165, 1.54) is 0 Å². The van der Waals surface area contributed by atoms with Crippen LogP contribution in [0.1, 0.15) is 0 Å². The lowest BCUT2D eigenvalue weighted by atomic mass is 10.3. The maximum atomic E-state index is 8.73. The van der Waals surface area contributed by atoms with Crippen molar-refractivity contribution in [3.63, 3.8) is 0 Å². The molecular formula is C7H7O6-. The van der Waals surface area contributed by atoms with Crippen molar-refractivity contribution in [2.45, 2.75) is 0 Å². The van der Waals surface area contributed by atoms with E-state index in [1.807, 2.05) is 0 Å². The SMILES string of the molecule is O=C[O-].Oc1ccc(O)c(O)c1O. The number of carbonyl (C=O) groups is 1. The summed E-state index contributed by atoms with van der Waals surface area (Å²) < 4.78 is 0. The lowest BCUT2D eigenvalue weighted by Gasteiger charge is -2.00. The first-order chi connectivity index (χ1) is 6.04. The van der Waals surface area contributed by atoms with Crippen LogP contribution in [-0.2, 0) is 4.79 Å². The fourth-order valence-corrected chi connectivity index (χ4v) is 0.558. The lowest BCUT2D eigenvalue weighted by Crippen LogP contribution is -2.01. The van der Waals surface area contributed by atoms with Gasteiger partial charge in [0, 0.05) is 6.47 Å². The second kappa shape index (κ2) is 4.70. The molecule has 4 N–H and O–H groups in total. The molecule has 0 atom stereocenters. The summed E-state index contributed by atoms with van der Waals surface area (Å²) in [4.78, 5) is 8.25. The molecule has 1 aromatic rings. The summed E-state index contributed by atoms with van der Waals surface area (Å²) in [6.45, 7) is -0.500. The summed E-state index contributed by atoms with van der Waals surface area (Å²) in [6, 6.07) is 2.15. The molecule has 0 fully saturated rings. The van der Waals surface area contributed by atoms with E-state index in [0.29, 0.717) is 0 Å². The first-order valence-electron chi connectivity index (χ1n) is 3.03. The Morgan fingerprint density at radius 3 is 1.46 bits per heavy atom. The number of rotatable bonds is 0. The summed E-state index contributed by atoms with van der Waals surface area (Å²) >= 11 is 0. The zero-order valence-electron chi connectivity index (χ0n) is 6.34. The topological polar surface area (TPSA) is 121 Å². The van der Waals surface area contributed by atoms with Crippen molar-refractivity contribution in [1.29, 1.82) is 0 Å². The van der Waals surface area contributed by atoms with Crippen LogP contribution in [0.3, 0.4) is 0 Å². The number of carboxylic acid groups (broad SMARTS) is 1. The summed E-state index contributed by atoms with van der Waals surface area (Å²) in [5, 5.41) is 43.1. The summed E-state index contributed by atoms with van der Waals surface area (Å²) in [5.74, 6) is -2.34. The van der Waals surface area contributed by atoms with Crippen molar-refractivity contribution >= 4 is 6.47 Å². The Labute approximate surface area is 72.9 Å². The predicted molar refractivity (Wildman–Crippen MR) is 39.2 cm³/mol. The van der Waals surface area contributed by atoms with Gasteiger partial charge in [-0.1, -0.05) is 0 Å². The minimum atomic E-state index is -0.708. The zero-order valence-corrected chi connectivity index (χ0v) is 6.34. The van der Waals surface area contributed by atoms with Gasteiger partial charge in [-0.2, -0.15) is 0 Å². The monoisotopic (exact) mass is 187 g/mol. The number of phenolic OH excluding ortho intramolecular Hbond substituents is 4. The van der Waals surface area contributed by atoms with E-state index in [9.17, 15) is 0 Å². The number of hydrogen-bond acceptors (Lipinski definition) is 6. The first-order valence-corrected chi connectivity index (χ1v) is 3.03. The molecule has 0 saturated heterocycles. The van der Waals surface area contributed by atoms with E-state index in [-0.39, 0.29) is 0 Å². The van der Waals surface area contributed by atoms with Gasteiger partial charge in [-0.25, -0.2) is 0 Å². The molecule has 0 spiro atoms. The van der Waals surface area contributed by atoms with Gasteiger partial charge in [-0.15, -0.1) is 0 Å². The highest BCUT2D eigenvalue weighted by Crippen LogP contribution is 2.40. The van der Waals surface area contributed by atoms with Crippen LogP contribution in [-0.4, -0.2) is 26.9 Å². The standard InChI is InChI=1S/C6H6O4.CH2O2/c7-3-1-2-4(8)6(10)5(3)9;2-1-3/h1-2,7-10H;1H,(H,2,3)/p-1. The number of benzene rings is 1. The fraction of sp³-hybridized carbons (Fsp3) is 0. The maximum Gasteiger partial charge on any atom is 0.204 e.